The van der Waals surface area contributed by atoms with Crippen molar-refractivity contribution in [3.8, 4) is 5.75 Å². The van der Waals surface area contributed by atoms with Gasteiger partial charge in [-0.05, 0) is 60.5 Å². The first-order valence-corrected chi connectivity index (χ1v) is 10.7. The smallest absolute Gasteiger partial charge is 0.340 e. The number of rotatable bonds is 7. The van der Waals surface area contributed by atoms with Crippen molar-refractivity contribution in [1.82, 2.24) is 4.90 Å². The Balaban J connectivity index is 2.57. The van der Waals surface area contributed by atoms with E-state index in [1.165, 1.54) is 50.4 Å². The normalized spacial score (nSPS) is 11.3. The van der Waals surface area contributed by atoms with Gasteiger partial charge in [-0.25, -0.2) is 13.2 Å². The number of hydrogen-bond acceptors (Lipinski definition) is 6. The Hall–Kier alpha value is -3.33. The monoisotopic (exact) mass is 446 g/mol. The summed E-state index contributed by atoms with van der Waals surface area (Å²) in [4.78, 5) is 25.8. The van der Waals surface area contributed by atoms with E-state index in [1.54, 1.807) is 45.3 Å². The third-order valence-corrected chi connectivity index (χ3v) is 6.39. The Bertz CT molecular complexity index is 1110. The molecular weight excluding hydrogens is 420 g/mol. The standard InChI is InChI=1S/C22H26N2O6S/c1-15-13-16(7-12-20(25)23(2)3)14-19(22(26)30-6)21(15)24(4)31(27,28)18-10-8-17(29-5)9-11-18/h7-14H,1-6H3. The molecule has 0 N–H and O–H groups in total. The van der Waals surface area contributed by atoms with Crippen LogP contribution in [0.2, 0.25) is 0 Å². The van der Waals surface area contributed by atoms with E-state index in [4.69, 9.17) is 9.47 Å². The second kappa shape index (κ2) is 9.65. The van der Waals surface area contributed by atoms with Gasteiger partial charge in [-0.15, -0.1) is 0 Å². The van der Waals surface area contributed by atoms with E-state index >= 15 is 0 Å². The van der Waals surface area contributed by atoms with Crippen LogP contribution >= 0.6 is 0 Å². The predicted octanol–water partition coefficient (Wildman–Crippen LogP) is 2.72. The molecule has 2 aromatic rings. The number of esters is 1. The fourth-order valence-electron chi connectivity index (χ4n) is 2.93. The number of amides is 1. The number of aryl methyl sites for hydroxylation is 1. The fraction of sp³-hybridized carbons (Fsp3) is 0.273. The molecule has 0 aliphatic carbocycles. The highest BCUT2D eigenvalue weighted by Crippen LogP contribution is 2.32. The van der Waals surface area contributed by atoms with Gasteiger partial charge < -0.3 is 14.4 Å². The van der Waals surface area contributed by atoms with Crippen molar-refractivity contribution in [1.29, 1.82) is 0 Å². The SMILES string of the molecule is COC(=O)c1cc(C=CC(=O)N(C)C)cc(C)c1N(C)S(=O)(=O)c1ccc(OC)cc1. The second-order valence-electron chi connectivity index (χ2n) is 6.94. The molecule has 1 amide bonds. The number of methoxy groups -OCH3 is 2. The minimum atomic E-state index is -3.96. The lowest BCUT2D eigenvalue weighted by Gasteiger charge is -2.24. The average Bonchev–Trinajstić information content (AvgIpc) is 2.75. The lowest BCUT2D eigenvalue weighted by atomic mass is 10.0. The van der Waals surface area contributed by atoms with Gasteiger partial charge in [-0.1, -0.05) is 0 Å². The lowest BCUT2D eigenvalue weighted by Crippen LogP contribution is -2.29. The molecule has 0 saturated heterocycles. The lowest BCUT2D eigenvalue weighted by molar-refractivity contribution is -0.123. The van der Waals surface area contributed by atoms with E-state index in [0.29, 0.717) is 16.9 Å². The van der Waals surface area contributed by atoms with E-state index < -0.39 is 16.0 Å². The summed E-state index contributed by atoms with van der Waals surface area (Å²) in [5, 5.41) is 0. The Kier molecular flexibility index (Phi) is 7.46. The molecule has 0 atom stereocenters. The summed E-state index contributed by atoms with van der Waals surface area (Å²) in [5.74, 6) is -0.388. The van der Waals surface area contributed by atoms with Crippen LogP contribution in [0.15, 0.2) is 47.4 Å². The van der Waals surface area contributed by atoms with Gasteiger partial charge in [-0.2, -0.15) is 0 Å². The van der Waals surface area contributed by atoms with Gasteiger partial charge in [0.2, 0.25) is 5.91 Å². The number of sulfonamides is 1. The molecule has 9 heteroatoms. The zero-order valence-electron chi connectivity index (χ0n) is 18.4. The first-order chi connectivity index (χ1) is 14.5. The van der Waals surface area contributed by atoms with Crippen molar-refractivity contribution in [3.05, 3.63) is 59.2 Å². The highest BCUT2D eigenvalue weighted by molar-refractivity contribution is 7.92. The minimum Gasteiger partial charge on any atom is -0.497 e. The first-order valence-electron chi connectivity index (χ1n) is 9.28. The maximum absolute atomic E-state index is 13.2. The molecule has 0 aromatic heterocycles. The van der Waals surface area contributed by atoms with Crippen LogP contribution in [0.5, 0.6) is 5.75 Å². The maximum Gasteiger partial charge on any atom is 0.340 e. The highest BCUT2D eigenvalue weighted by Gasteiger charge is 2.27. The first kappa shape index (κ1) is 23.9. The van der Waals surface area contributed by atoms with Crippen LogP contribution in [0.3, 0.4) is 0 Å². The Morgan fingerprint density at radius 2 is 1.61 bits per heavy atom. The molecule has 0 heterocycles. The fourth-order valence-corrected chi connectivity index (χ4v) is 4.21. The van der Waals surface area contributed by atoms with Crippen molar-refractivity contribution in [3.63, 3.8) is 0 Å². The van der Waals surface area contributed by atoms with Gasteiger partial charge in [-0.3, -0.25) is 9.10 Å². The largest absolute Gasteiger partial charge is 0.497 e. The summed E-state index contributed by atoms with van der Waals surface area (Å²) in [7, 11) is 3.37. The van der Waals surface area contributed by atoms with Gasteiger partial charge in [0, 0.05) is 27.2 Å². The van der Waals surface area contributed by atoms with Crippen LogP contribution in [0, 0.1) is 6.92 Å². The van der Waals surface area contributed by atoms with Crippen molar-refractivity contribution >= 4 is 33.7 Å². The number of benzene rings is 2. The molecule has 0 fully saturated rings. The summed E-state index contributed by atoms with van der Waals surface area (Å²) in [5.41, 5.74) is 1.35. The third kappa shape index (κ3) is 5.24. The van der Waals surface area contributed by atoms with Gasteiger partial charge in [0.15, 0.2) is 0 Å². The van der Waals surface area contributed by atoms with Crippen LogP contribution < -0.4 is 9.04 Å². The van der Waals surface area contributed by atoms with E-state index in [2.05, 4.69) is 0 Å². The van der Waals surface area contributed by atoms with Crippen molar-refractivity contribution < 1.29 is 27.5 Å². The zero-order valence-corrected chi connectivity index (χ0v) is 19.2. The third-order valence-electron chi connectivity index (χ3n) is 4.62. The van der Waals surface area contributed by atoms with Gasteiger partial charge in [0.05, 0.1) is 30.4 Å². The molecule has 0 radical (unpaired) electrons. The van der Waals surface area contributed by atoms with Gasteiger partial charge in [0.25, 0.3) is 10.0 Å². The number of carbonyl (C=O) groups is 2. The molecule has 166 valence electrons. The molecule has 31 heavy (non-hydrogen) atoms. The van der Waals surface area contributed by atoms with Gasteiger partial charge >= 0.3 is 5.97 Å². The number of nitrogens with zero attached hydrogens (tertiary/aromatic N) is 2. The predicted molar refractivity (Wildman–Crippen MR) is 119 cm³/mol. The van der Waals surface area contributed by atoms with E-state index in [1.807, 2.05) is 0 Å². The topological polar surface area (TPSA) is 93.2 Å². The van der Waals surface area contributed by atoms with Crippen LogP contribution in [0.25, 0.3) is 6.08 Å². The molecule has 2 rings (SSSR count). The molecular formula is C22H26N2O6S. The van der Waals surface area contributed by atoms with Crippen LogP contribution in [-0.2, 0) is 19.6 Å². The summed E-state index contributed by atoms with van der Waals surface area (Å²) in [6.07, 6.45) is 2.93. The molecule has 0 aliphatic rings. The summed E-state index contributed by atoms with van der Waals surface area (Å²) in [6, 6.07) is 9.15. The Morgan fingerprint density at radius 3 is 2.13 bits per heavy atom. The van der Waals surface area contributed by atoms with Crippen molar-refractivity contribution in [2.45, 2.75) is 11.8 Å². The Labute approximate surface area is 182 Å². The molecule has 0 unspecified atom stereocenters. The summed E-state index contributed by atoms with van der Waals surface area (Å²) >= 11 is 0. The molecule has 0 saturated carbocycles. The number of ether oxygens (including phenoxy) is 2. The number of likely N-dealkylation sites (N-methyl/N-ethyl adjacent to an activating group) is 1. The van der Waals surface area contributed by atoms with E-state index in [-0.39, 0.29) is 22.1 Å². The zero-order chi connectivity index (χ0) is 23.3. The van der Waals surface area contributed by atoms with Crippen LogP contribution in [-0.4, -0.2) is 60.6 Å². The van der Waals surface area contributed by atoms with Gasteiger partial charge in [0.1, 0.15) is 5.75 Å². The van der Waals surface area contributed by atoms with Crippen LogP contribution in [0.1, 0.15) is 21.5 Å². The van der Waals surface area contributed by atoms with Crippen molar-refractivity contribution in [2.24, 2.45) is 0 Å². The molecule has 0 bridgehead atoms. The van der Waals surface area contributed by atoms with E-state index in [0.717, 1.165) is 4.31 Å². The maximum atomic E-state index is 13.2. The van der Waals surface area contributed by atoms with Crippen molar-refractivity contribution in [2.75, 3.05) is 39.7 Å². The molecule has 8 nitrogen and oxygen atoms in total. The quantitative estimate of drug-likeness (QED) is 0.480. The molecule has 0 aliphatic heterocycles. The average molecular weight is 447 g/mol. The number of hydrogen-bond donors (Lipinski definition) is 0. The number of anilines is 1. The summed E-state index contributed by atoms with van der Waals surface area (Å²) in [6.45, 7) is 1.69. The van der Waals surface area contributed by atoms with Crippen LogP contribution in [0.4, 0.5) is 5.69 Å². The van der Waals surface area contributed by atoms with E-state index in [9.17, 15) is 18.0 Å². The Morgan fingerprint density at radius 1 is 1.00 bits per heavy atom. The highest BCUT2D eigenvalue weighted by atomic mass is 32.2. The molecule has 0 spiro atoms. The summed E-state index contributed by atoms with van der Waals surface area (Å²) < 4.78 is 37.4. The molecule has 2 aromatic carbocycles. The number of carbonyl (C=O) groups excluding carboxylic acids is 2. The minimum absolute atomic E-state index is 0.0477. The second-order valence-corrected chi connectivity index (χ2v) is 8.91.